The highest BCUT2D eigenvalue weighted by Gasteiger charge is 2.25. The highest BCUT2D eigenvalue weighted by Crippen LogP contribution is 2.40. The van der Waals surface area contributed by atoms with Crippen LogP contribution in [0.25, 0.3) is 21.5 Å². The minimum atomic E-state index is 0.123. The van der Waals surface area contributed by atoms with Crippen molar-refractivity contribution in [2.45, 2.75) is 12.5 Å². The van der Waals surface area contributed by atoms with Gasteiger partial charge in [0.25, 0.3) is 0 Å². The van der Waals surface area contributed by atoms with Crippen molar-refractivity contribution in [3.63, 3.8) is 0 Å². The molecule has 4 aromatic rings. The van der Waals surface area contributed by atoms with Gasteiger partial charge in [0.1, 0.15) is 0 Å². The summed E-state index contributed by atoms with van der Waals surface area (Å²) in [5.74, 6) is 1.57. The van der Waals surface area contributed by atoms with Crippen molar-refractivity contribution in [1.29, 1.82) is 0 Å². The Kier molecular flexibility index (Phi) is 4.18. The average molecular weight is 369 g/mol. The van der Waals surface area contributed by atoms with Gasteiger partial charge in [-0.25, -0.2) is 0 Å². The molecule has 1 unspecified atom stereocenters. The van der Waals surface area contributed by atoms with E-state index in [0.29, 0.717) is 0 Å². The Morgan fingerprint density at radius 2 is 1.43 bits per heavy atom. The van der Waals surface area contributed by atoms with Crippen molar-refractivity contribution >= 4 is 21.5 Å². The third-order valence-corrected chi connectivity index (χ3v) is 5.81. The Balaban J connectivity index is 1.78. The highest BCUT2D eigenvalue weighted by atomic mass is 16.5. The van der Waals surface area contributed by atoms with Gasteiger partial charge >= 0.3 is 0 Å². The predicted molar refractivity (Wildman–Crippen MR) is 115 cm³/mol. The fourth-order valence-corrected chi connectivity index (χ4v) is 4.48. The number of fused-ring (bicyclic) bond motifs is 4. The molecular weight excluding hydrogens is 346 g/mol. The molecule has 1 aliphatic rings. The van der Waals surface area contributed by atoms with E-state index in [2.05, 4.69) is 72.0 Å². The van der Waals surface area contributed by atoms with Crippen LogP contribution in [0.3, 0.4) is 0 Å². The molecule has 0 aromatic heterocycles. The van der Waals surface area contributed by atoms with Gasteiger partial charge in [0, 0.05) is 6.54 Å². The van der Waals surface area contributed by atoms with Crippen molar-refractivity contribution in [3.8, 4) is 11.5 Å². The van der Waals surface area contributed by atoms with E-state index in [9.17, 15) is 0 Å². The Bertz CT molecular complexity index is 1180. The lowest BCUT2D eigenvalue weighted by atomic mass is 9.85. The Morgan fingerprint density at radius 1 is 0.750 bits per heavy atom. The molecule has 0 saturated heterocycles. The van der Waals surface area contributed by atoms with E-state index in [1.807, 2.05) is 0 Å². The van der Waals surface area contributed by atoms with Gasteiger partial charge in [0.2, 0.25) is 0 Å². The normalized spacial score (nSPS) is 16.1. The Labute approximate surface area is 164 Å². The highest BCUT2D eigenvalue weighted by molar-refractivity contribution is 6.09. The SMILES string of the molecule is COc1cc2c(cc1OC)C(c1cc3ccccc3c3ccccc13)NCC2. The molecule has 4 aromatic carbocycles. The van der Waals surface area contributed by atoms with E-state index in [1.165, 1.54) is 38.2 Å². The molecule has 0 radical (unpaired) electrons. The molecule has 0 saturated carbocycles. The van der Waals surface area contributed by atoms with Crippen molar-refractivity contribution in [2.24, 2.45) is 0 Å². The first-order chi connectivity index (χ1) is 13.8. The zero-order valence-corrected chi connectivity index (χ0v) is 16.2. The molecule has 0 fully saturated rings. The summed E-state index contributed by atoms with van der Waals surface area (Å²) in [5, 5.41) is 8.90. The summed E-state index contributed by atoms with van der Waals surface area (Å²) >= 11 is 0. The van der Waals surface area contributed by atoms with Crippen LogP contribution in [0.15, 0.2) is 66.7 Å². The van der Waals surface area contributed by atoms with Crippen LogP contribution in [0.5, 0.6) is 11.5 Å². The lowest BCUT2D eigenvalue weighted by molar-refractivity contribution is 0.353. The topological polar surface area (TPSA) is 30.5 Å². The first-order valence-electron chi connectivity index (χ1n) is 9.68. The number of ether oxygens (including phenoxy) is 2. The number of methoxy groups -OCH3 is 2. The summed E-state index contributed by atoms with van der Waals surface area (Å²) in [4.78, 5) is 0. The van der Waals surface area contributed by atoms with Gasteiger partial charge in [-0.3, -0.25) is 0 Å². The number of benzene rings is 4. The molecule has 28 heavy (non-hydrogen) atoms. The number of hydrogen-bond acceptors (Lipinski definition) is 3. The standard InChI is InChI=1S/C25H23NO2/c1-27-23-14-17-11-12-26-25(21(17)15-24(23)28-2)22-13-16-7-3-4-8-18(16)19-9-5-6-10-20(19)22/h3-10,13-15,25-26H,11-12H2,1-2H3. The van der Waals surface area contributed by atoms with Crippen molar-refractivity contribution in [1.82, 2.24) is 5.32 Å². The van der Waals surface area contributed by atoms with Gasteiger partial charge in [0.15, 0.2) is 11.5 Å². The summed E-state index contributed by atoms with van der Waals surface area (Å²) in [5.41, 5.74) is 3.89. The second-order valence-corrected chi connectivity index (χ2v) is 7.28. The van der Waals surface area contributed by atoms with Crippen LogP contribution >= 0.6 is 0 Å². The molecular formula is C25H23NO2. The van der Waals surface area contributed by atoms with E-state index < -0.39 is 0 Å². The number of rotatable bonds is 3. The molecule has 1 aliphatic heterocycles. The maximum absolute atomic E-state index is 5.59. The van der Waals surface area contributed by atoms with Crippen LogP contribution in [-0.4, -0.2) is 20.8 Å². The summed E-state index contributed by atoms with van der Waals surface area (Å²) in [7, 11) is 3.39. The molecule has 3 nitrogen and oxygen atoms in total. The smallest absolute Gasteiger partial charge is 0.161 e. The fraction of sp³-hybridized carbons (Fsp3) is 0.200. The molecule has 1 atom stereocenters. The molecule has 140 valence electrons. The van der Waals surface area contributed by atoms with Gasteiger partial charge in [-0.1, -0.05) is 48.5 Å². The Hall–Kier alpha value is -3.04. The molecule has 0 bridgehead atoms. The molecule has 0 aliphatic carbocycles. The van der Waals surface area contributed by atoms with E-state index in [0.717, 1.165) is 24.5 Å². The number of nitrogens with one attached hydrogen (secondary N) is 1. The van der Waals surface area contributed by atoms with E-state index in [-0.39, 0.29) is 6.04 Å². The maximum atomic E-state index is 5.59. The van der Waals surface area contributed by atoms with E-state index in [4.69, 9.17) is 9.47 Å². The fourth-order valence-electron chi connectivity index (χ4n) is 4.48. The van der Waals surface area contributed by atoms with Crippen molar-refractivity contribution in [2.75, 3.05) is 20.8 Å². The third kappa shape index (κ3) is 2.62. The quantitative estimate of drug-likeness (QED) is 0.501. The van der Waals surface area contributed by atoms with Crippen LogP contribution in [0.4, 0.5) is 0 Å². The Morgan fingerprint density at radius 3 is 2.21 bits per heavy atom. The largest absolute Gasteiger partial charge is 0.493 e. The van der Waals surface area contributed by atoms with E-state index >= 15 is 0 Å². The van der Waals surface area contributed by atoms with Gasteiger partial charge in [-0.05, 0) is 62.9 Å². The first-order valence-corrected chi connectivity index (χ1v) is 9.68. The van der Waals surface area contributed by atoms with Crippen LogP contribution in [0.2, 0.25) is 0 Å². The molecule has 3 heteroatoms. The zero-order valence-electron chi connectivity index (χ0n) is 16.2. The van der Waals surface area contributed by atoms with Gasteiger partial charge < -0.3 is 14.8 Å². The second kappa shape index (κ2) is 6.84. The summed E-state index contributed by atoms with van der Waals surface area (Å²) in [6.07, 6.45) is 0.984. The third-order valence-electron chi connectivity index (χ3n) is 5.81. The van der Waals surface area contributed by atoms with Crippen molar-refractivity contribution in [3.05, 3.63) is 83.4 Å². The molecule has 1 N–H and O–H groups in total. The lowest BCUT2D eigenvalue weighted by Crippen LogP contribution is -2.30. The van der Waals surface area contributed by atoms with Gasteiger partial charge in [-0.15, -0.1) is 0 Å². The molecule has 0 spiro atoms. The maximum Gasteiger partial charge on any atom is 0.161 e. The van der Waals surface area contributed by atoms with Crippen LogP contribution < -0.4 is 14.8 Å². The van der Waals surface area contributed by atoms with Gasteiger partial charge in [0.05, 0.1) is 20.3 Å². The van der Waals surface area contributed by atoms with Crippen LogP contribution in [0.1, 0.15) is 22.7 Å². The predicted octanol–water partition coefficient (Wildman–Crippen LogP) is 5.25. The molecule has 0 amide bonds. The summed E-state index contributed by atoms with van der Waals surface area (Å²) in [6, 6.07) is 24.0. The van der Waals surface area contributed by atoms with Crippen LogP contribution in [-0.2, 0) is 6.42 Å². The van der Waals surface area contributed by atoms with Crippen LogP contribution in [0, 0.1) is 0 Å². The number of hydrogen-bond donors (Lipinski definition) is 1. The minimum Gasteiger partial charge on any atom is -0.493 e. The second-order valence-electron chi connectivity index (χ2n) is 7.28. The first kappa shape index (κ1) is 17.1. The summed E-state index contributed by atoms with van der Waals surface area (Å²) < 4.78 is 11.1. The monoisotopic (exact) mass is 369 g/mol. The summed E-state index contributed by atoms with van der Waals surface area (Å²) in [6.45, 7) is 0.939. The molecule has 1 heterocycles. The van der Waals surface area contributed by atoms with Crippen molar-refractivity contribution < 1.29 is 9.47 Å². The average Bonchev–Trinajstić information content (AvgIpc) is 2.77. The molecule has 5 rings (SSSR count). The van der Waals surface area contributed by atoms with Gasteiger partial charge in [-0.2, -0.15) is 0 Å². The minimum absolute atomic E-state index is 0.123. The zero-order chi connectivity index (χ0) is 19.1. The lowest BCUT2D eigenvalue weighted by Gasteiger charge is -2.29. The van der Waals surface area contributed by atoms with E-state index in [1.54, 1.807) is 14.2 Å².